The van der Waals surface area contributed by atoms with Gasteiger partial charge < -0.3 is 10.6 Å². The second-order valence-electron chi connectivity index (χ2n) is 5.91. The van der Waals surface area contributed by atoms with Gasteiger partial charge in [-0.1, -0.05) is 38.1 Å². The van der Waals surface area contributed by atoms with Gasteiger partial charge in [-0.15, -0.1) is 0 Å². The Kier molecular flexibility index (Phi) is 5.49. The van der Waals surface area contributed by atoms with Crippen LogP contribution in [-0.2, 0) is 9.59 Å². The lowest BCUT2D eigenvalue weighted by Crippen LogP contribution is -2.29. The van der Waals surface area contributed by atoms with Crippen LogP contribution in [0.5, 0.6) is 0 Å². The summed E-state index contributed by atoms with van der Waals surface area (Å²) >= 11 is 0. The number of nitrogens with one attached hydrogen (secondary N) is 2. The van der Waals surface area contributed by atoms with Gasteiger partial charge >= 0.3 is 11.8 Å². The van der Waals surface area contributed by atoms with Gasteiger partial charge in [-0.05, 0) is 30.0 Å². The lowest BCUT2D eigenvalue weighted by atomic mass is 9.98. The lowest BCUT2D eigenvalue weighted by molar-refractivity contribution is -0.384. The minimum atomic E-state index is -0.890. The van der Waals surface area contributed by atoms with E-state index in [-0.39, 0.29) is 17.3 Å². The first-order valence-corrected chi connectivity index (χ1v) is 7.76. The maximum Gasteiger partial charge on any atom is 0.314 e. The molecule has 0 aliphatic carbocycles. The monoisotopic (exact) mass is 341 g/mol. The van der Waals surface area contributed by atoms with E-state index in [4.69, 9.17) is 0 Å². The Morgan fingerprint density at radius 1 is 1.04 bits per heavy atom. The van der Waals surface area contributed by atoms with Crippen molar-refractivity contribution in [3.8, 4) is 0 Å². The van der Waals surface area contributed by atoms with E-state index in [1.165, 1.54) is 24.3 Å². The van der Waals surface area contributed by atoms with Crippen molar-refractivity contribution >= 4 is 28.9 Å². The second-order valence-corrected chi connectivity index (χ2v) is 5.91. The number of carbonyl (C=O) groups is 2. The number of hydrogen-bond acceptors (Lipinski definition) is 4. The van der Waals surface area contributed by atoms with E-state index in [0.29, 0.717) is 5.69 Å². The van der Waals surface area contributed by atoms with Gasteiger partial charge in [0.25, 0.3) is 5.69 Å². The predicted molar refractivity (Wildman–Crippen MR) is 95.6 cm³/mol. The number of nitrogens with zero attached hydrogens (tertiary/aromatic N) is 1. The summed E-state index contributed by atoms with van der Waals surface area (Å²) in [5.74, 6) is -1.55. The maximum atomic E-state index is 12.2. The van der Waals surface area contributed by atoms with Crippen molar-refractivity contribution in [2.45, 2.75) is 26.7 Å². The number of nitro groups is 1. The Morgan fingerprint density at radius 3 is 2.32 bits per heavy atom. The van der Waals surface area contributed by atoms with Crippen molar-refractivity contribution in [2.24, 2.45) is 0 Å². The van der Waals surface area contributed by atoms with Gasteiger partial charge in [-0.25, -0.2) is 0 Å². The Labute approximate surface area is 145 Å². The van der Waals surface area contributed by atoms with Crippen LogP contribution in [0.25, 0.3) is 0 Å². The molecule has 0 fully saturated rings. The number of benzene rings is 2. The highest BCUT2D eigenvalue weighted by atomic mass is 16.6. The Morgan fingerprint density at radius 2 is 1.68 bits per heavy atom. The fourth-order valence-electron chi connectivity index (χ4n) is 2.40. The summed E-state index contributed by atoms with van der Waals surface area (Å²) in [5.41, 5.74) is 2.40. The van der Waals surface area contributed by atoms with Crippen molar-refractivity contribution in [1.29, 1.82) is 0 Å². The van der Waals surface area contributed by atoms with Crippen LogP contribution < -0.4 is 10.6 Å². The minimum absolute atomic E-state index is 0.167. The molecule has 7 nitrogen and oxygen atoms in total. The van der Waals surface area contributed by atoms with E-state index in [2.05, 4.69) is 10.6 Å². The summed E-state index contributed by atoms with van der Waals surface area (Å²) in [4.78, 5) is 34.5. The molecule has 0 aliphatic heterocycles. The Balaban J connectivity index is 2.15. The number of aryl methyl sites for hydroxylation is 1. The molecule has 2 rings (SSSR count). The Bertz CT molecular complexity index is 831. The first-order chi connectivity index (χ1) is 11.8. The molecule has 25 heavy (non-hydrogen) atoms. The molecule has 2 amide bonds. The molecule has 0 aliphatic rings. The van der Waals surface area contributed by atoms with Crippen molar-refractivity contribution < 1.29 is 14.5 Å². The first-order valence-electron chi connectivity index (χ1n) is 7.76. The normalized spacial score (nSPS) is 10.4. The van der Waals surface area contributed by atoms with Gasteiger partial charge in [0.2, 0.25) is 0 Å². The van der Waals surface area contributed by atoms with Gasteiger partial charge in [-0.3, -0.25) is 19.7 Å². The van der Waals surface area contributed by atoms with Gasteiger partial charge in [0, 0.05) is 23.5 Å². The van der Waals surface area contributed by atoms with E-state index in [1.54, 1.807) is 0 Å². The molecule has 2 N–H and O–H groups in total. The van der Waals surface area contributed by atoms with E-state index in [1.807, 2.05) is 39.0 Å². The number of hydrogen-bond donors (Lipinski definition) is 2. The number of amides is 2. The van der Waals surface area contributed by atoms with Crippen LogP contribution in [0.2, 0.25) is 0 Å². The molecule has 0 radical (unpaired) electrons. The van der Waals surface area contributed by atoms with Crippen molar-refractivity contribution in [2.75, 3.05) is 10.6 Å². The quantitative estimate of drug-likeness (QED) is 0.504. The largest absolute Gasteiger partial charge is 0.318 e. The van der Waals surface area contributed by atoms with Crippen molar-refractivity contribution in [3.05, 3.63) is 63.7 Å². The first kappa shape index (κ1) is 18.1. The highest BCUT2D eigenvalue weighted by Crippen LogP contribution is 2.27. The van der Waals surface area contributed by atoms with Gasteiger partial charge in [0.1, 0.15) is 0 Å². The topological polar surface area (TPSA) is 101 Å². The van der Waals surface area contributed by atoms with Crippen molar-refractivity contribution in [3.63, 3.8) is 0 Å². The Hall–Kier alpha value is -3.22. The third kappa shape index (κ3) is 4.41. The summed E-state index contributed by atoms with van der Waals surface area (Å²) in [5, 5.41) is 15.8. The number of non-ortho nitro benzene ring substituents is 1. The number of para-hydroxylation sites is 1. The molecule has 2 aromatic carbocycles. The van der Waals surface area contributed by atoms with Crippen molar-refractivity contribution in [1.82, 2.24) is 0 Å². The standard InChI is InChI=1S/C18H19N3O4/c1-11(2)15-9-4-6-12(3)16(15)20-18(23)17(22)19-13-7-5-8-14(10-13)21(24)25/h4-11H,1-3H3,(H,19,22)(H,20,23). The SMILES string of the molecule is Cc1cccc(C(C)C)c1NC(=O)C(=O)Nc1cccc([N+](=O)[O-])c1. The summed E-state index contributed by atoms with van der Waals surface area (Å²) in [7, 11) is 0. The third-order valence-corrected chi connectivity index (χ3v) is 3.69. The minimum Gasteiger partial charge on any atom is -0.318 e. The summed E-state index contributed by atoms with van der Waals surface area (Å²) in [6, 6.07) is 11.0. The van der Waals surface area contributed by atoms with Crippen LogP contribution in [0, 0.1) is 17.0 Å². The molecule has 130 valence electrons. The smallest absolute Gasteiger partial charge is 0.314 e. The fraction of sp³-hybridized carbons (Fsp3) is 0.222. The molecule has 0 saturated carbocycles. The summed E-state index contributed by atoms with van der Waals surface area (Å²) < 4.78 is 0. The average molecular weight is 341 g/mol. The zero-order valence-electron chi connectivity index (χ0n) is 14.2. The summed E-state index contributed by atoms with van der Waals surface area (Å²) in [6.07, 6.45) is 0. The highest BCUT2D eigenvalue weighted by Gasteiger charge is 2.18. The zero-order valence-corrected chi connectivity index (χ0v) is 14.2. The average Bonchev–Trinajstić information content (AvgIpc) is 2.56. The number of nitro benzene ring substituents is 1. The molecular formula is C18H19N3O4. The molecule has 0 spiro atoms. The van der Waals surface area contributed by atoms with Crippen LogP contribution in [0.15, 0.2) is 42.5 Å². The van der Waals surface area contributed by atoms with E-state index in [9.17, 15) is 19.7 Å². The zero-order chi connectivity index (χ0) is 18.6. The molecule has 0 atom stereocenters. The van der Waals surface area contributed by atoms with Crippen LogP contribution >= 0.6 is 0 Å². The maximum absolute atomic E-state index is 12.2. The summed E-state index contributed by atoms with van der Waals surface area (Å²) in [6.45, 7) is 5.83. The molecule has 0 bridgehead atoms. The fourth-order valence-corrected chi connectivity index (χ4v) is 2.40. The molecule has 0 unspecified atom stereocenters. The van der Waals surface area contributed by atoms with Crippen LogP contribution in [-0.4, -0.2) is 16.7 Å². The molecule has 7 heteroatoms. The third-order valence-electron chi connectivity index (χ3n) is 3.69. The highest BCUT2D eigenvalue weighted by molar-refractivity contribution is 6.43. The van der Waals surface area contributed by atoms with E-state index < -0.39 is 16.7 Å². The van der Waals surface area contributed by atoms with Gasteiger partial charge in [0.15, 0.2) is 0 Å². The number of anilines is 2. The predicted octanol–water partition coefficient (Wildman–Crippen LogP) is 3.60. The second kappa shape index (κ2) is 7.57. The number of carbonyl (C=O) groups excluding carboxylic acids is 2. The lowest BCUT2D eigenvalue weighted by Gasteiger charge is -2.16. The molecular weight excluding hydrogens is 322 g/mol. The van der Waals surface area contributed by atoms with Crippen LogP contribution in [0.3, 0.4) is 0 Å². The van der Waals surface area contributed by atoms with E-state index >= 15 is 0 Å². The molecule has 0 saturated heterocycles. The van der Waals surface area contributed by atoms with Crippen LogP contribution in [0.1, 0.15) is 30.9 Å². The van der Waals surface area contributed by atoms with Crippen LogP contribution in [0.4, 0.5) is 17.1 Å². The molecule has 2 aromatic rings. The molecule has 0 aromatic heterocycles. The number of rotatable bonds is 4. The van der Waals surface area contributed by atoms with Gasteiger partial charge in [-0.2, -0.15) is 0 Å². The van der Waals surface area contributed by atoms with E-state index in [0.717, 1.165) is 11.1 Å². The molecule has 0 heterocycles. The van der Waals surface area contributed by atoms with Gasteiger partial charge in [0.05, 0.1) is 4.92 Å².